The lowest BCUT2D eigenvalue weighted by Gasteiger charge is -2.13. The van der Waals surface area contributed by atoms with E-state index in [1.807, 2.05) is 0 Å². The predicted octanol–water partition coefficient (Wildman–Crippen LogP) is 3.72. The van der Waals surface area contributed by atoms with Crippen molar-refractivity contribution >= 4 is 40.5 Å². The summed E-state index contributed by atoms with van der Waals surface area (Å²) in [6.07, 6.45) is -0.999. The Balaban J connectivity index is 1.98. The Morgan fingerprint density at radius 2 is 2.14 bits per heavy atom. The van der Waals surface area contributed by atoms with Gasteiger partial charge >= 0.3 is 5.97 Å². The first-order valence-corrected chi connectivity index (χ1v) is 7.23. The molecule has 7 heteroatoms. The second kappa shape index (κ2) is 6.69. The fourth-order valence-electron chi connectivity index (χ4n) is 1.49. The van der Waals surface area contributed by atoms with E-state index in [1.54, 1.807) is 17.5 Å². The van der Waals surface area contributed by atoms with E-state index in [2.05, 4.69) is 5.32 Å². The van der Waals surface area contributed by atoms with Crippen LogP contribution in [0.2, 0.25) is 5.02 Å². The minimum Gasteiger partial charge on any atom is -0.448 e. The quantitative estimate of drug-likeness (QED) is 0.871. The summed E-state index contributed by atoms with van der Waals surface area (Å²) in [5, 5.41) is 4.28. The van der Waals surface area contributed by atoms with Gasteiger partial charge in [0, 0.05) is 0 Å². The van der Waals surface area contributed by atoms with Crippen molar-refractivity contribution in [2.45, 2.75) is 13.0 Å². The molecule has 0 fully saturated rings. The van der Waals surface area contributed by atoms with Crippen LogP contribution in [0.25, 0.3) is 0 Å². The number of hydrogen-bond donors (Lipinski definition) is 1. The molecule has 110 valence electrons. The van der Waals surface area contributed by atoms with Crippen LogP contribution in [0.4, 0.5) is 10.1 Å². The van der Waals surface area contributed by atoms with E-state index in [9.17, 15) is 14.0 Å². The van der Waals surface area contributed by atoms with E-state index in [4.69, 9.17) is 16.3 Å². The number of ether oxygens (including phenoxy) is 1. The Bertz CT molecular complexity index is 660. The van der Waals surface area contributed by atoms with Crippen molar-refractivity contribution in [3.8, 4) is 0 Å². The molecule has 2 rings (SSSR count). The number of rotatable bonds is 4. The molecule has 1 N–H and O–H groups in total. The van der Waals surface area contributed by atoms with Gasteiger partial charge in [-0.15, -0.1) is 11.3 Å². The lowest BCUT2D eigenvalue weighted by Crippen LogP contribution is -2.29. The normalized spacial score (nSPS) is 11.8. The molecule has 21 heavy (non-hydrogen) atoms. The topological polar surface area (TPSA) is 55.4 Å². The van der Waals surface area contributed by atoms with Crippen LogP contribution in [0, 0.1) is 5.82 Å². The first kappa shape index (κ1) is 15.5. The molecule has 0 unspecified atom stereocenters. The third-order valence-electron chi connectivity index (χ3n) is 2.56. The molecule has 1 aromatic heterocycles. The molecule has 4 nitrogen and oxygen atoms in total. The SMILES string of the molecule is C[C@H](OC(=O)c1cccs1)C(=O)Nc1ccc(F)cc1Cl. The number of carbonyl (C=O) groups excluding carboxylic acids is 2. The van der Waals surface area contributed by atoms with Gasteiger partial charge in [0.25, 0.3) is 5.91 Å². The molecule has 0 saturated heterocycles. The molecule has 1 atom stereocenters. The summed E-state index contributed by atoms with van der Waals surface area (Å²) in [4.78, 5) is 24.0. The highest BCUT2D eigenvalue weighted by Crippen LogP contribution is 2.22. The number of thiophene rings is 1. The zero-order valence-corrected chi connectivity index (χ0v) is 12.5. The summed E-state index contributed by atoms with van der Waals surface area (Å²) >= 11 is 7.03. The maximum Gasteiger partial charge on any atom is 0.349 e. The Labute approximate surface area is 129 Å². The van der Waals surface area contributed by atoms with Gasteiger partial charge < -0.3 is 10.1 Å². The molecule has 2 aromatic rings. The van der Waals surface area contributed by atoms with E-state index in [-0.39, 0.29) is 10.7 Å². The van der Waals surface area contributed by atoms with Gasteiger partial charge in [0.15, 0.2) is 6.10 Å². The van der Waals surface area contributed by atoms with Gasteiger partial charge in [0.2, 0.25) is 0 Å². The number of halogens is 2. The Hall–Kier alpha value is -1.92. The van der Waals surface area contributed by atoms with E-state index in [0.29, 0.717) is 4.88 Å². The molecule has 0 radical (unpaired) electrons. The van der Waals surface area contributed by atoms with Crippen molar-refractivity contribution in [2.75, 3.05) is 5.32 Å². The highest BCUT2D eigenvalue weighted by Gasteiger charge is 2.20. The third-order valence-corrected chi connectivity index (χ3v) is 3.73. The highest BCUT2D eigenvalue weighted by molar-refractivity contribution is 7.11. The highest BCUT2D eigenvalue weighted by atomic mass is 35.5. The van der Waals surface area contributed by atoms with Crippen molar-refractivity contribution < 1.29 is 18.7 Å². The van der Waals surface area contributed by atoms with Crippen LogP contribution in [0.5, 0.6) is 0 Å². The number of amides is 1. The minimum atomic E-state index is -0.999. The van der Waals surface area contributed by atoms with E-state index >= 15 is 0 Å². The molecule has 1 amide bonds. The second-order valence-electron chi connectivity index (χ2n) is 4.14. The number of benzene rings is 1. The molecular formula is C14H11ClFNO3S. The Morgan fingerprint density at radius 3 is 2.76 bits per heavy atom. The van der Waals surface area contributed by atoms with Crippen LogP contribution in [0.3, 0.4) is 0 Å². The summed E-state index contributed by atoms with van der Waals surface area (Å²) in [6, 6.07) is 6.91. The van der Waals surface area contributed by atoms with Crippen molar-refractivity contribution in [1.29, 1.82) is 0 Å². The third kappa shape index (κ3) is 4.03. The van der Waals surface area contributed by atoms with Gasteiger partial charge in [-0.2, -0.15) is 0 Å². The maximum atomic E-state index is 12.9. The summed E-state index contributed by atoms with van der Waals surface area (Å²) in [6.45, 7) is 1.44. The second-order valence-corrected chi connectivity index (χ2v) is 5.49. The number of esters is 1. The van der Waals surface area contributed by atoms with Gasteiger partial charge in [-0.1, -0.05) is 17.7 Å². The molecular weight excluding hydrogens is 317 g/mol. The number of nitrogens with one attached hydrogen (secondary N) is 1. The number of hydrogen-bond acceptors (Lipinski definition) is 4. The molecule has 0 spiro atoms. The van der Waals surface area contributed by atoms with Crippen molar-refractivity contribution in [2.24, 2.45) is 0 Å². The number of carbonyl (C=O) groups is 2. The lowest BCUT2D eigenvalue weighted by atomic mass is 10.3. The van der Waals surface area contributed by atoms with E-state index < -0.39 is 23.8 Å². The van der Waals surface area contributed by atoms with Crippen LogP contribution in [0.15, 0.2) is 35.7 Å². The standard InChI is InChI=1S/C14H11ClFNO3S/c1-8(20-14(19)12-3-2-6-21-12)13(18)17-11-5-4-9(16)7-10(11)15/h2-8H,1H3,(H,17,18)/t8-/m0/s1. The zero-order valence-electron chi connectivity index (χ0n) is 10.9. The van der Waals surface area contributed by atoms with Crippen LogP contribution in [-0.4, -0.2) is 18.0 Å². The molecule has 0 saturated carbocycles. The monoisotopic (exact) mass is 327 g/mol. The molecule has 0 aliphatic heterocycles. The molecule has 0 aliphatic rings. The number of anilines is 1. The van der Waals surface area contributed by atoms with E-state index in [1.165, 1.54) is 30.4 Å². The van der Waals surface area contributed by atoms with Crippen LogP contribution in [-0.2, 0) is 9.53 Å². The first-order valence-electron chi connectivity index (χ1n) is 5.98. The largest absolute Gasteiger partial charge is 0.448 e. The van der Waals surface area contributed by atoms with Crippen molar-refractivity contribution in [3.63, 3.8) is 0 Å². The van der Waals surface area contributed by atoms with Gasteiger partial charge in [-0.05, 0) is 36.6 Å². The minimum absolute atomic E-state index is 0.0696. The summed E-state index contributed by atoms with van der Waals surface area (Å²) in [7, 11) is 0. The Morgan fingerprint density at radius 1 is 1.38 bits per heavy atom. The summed E-state index contributed by atoms with van der Waals surface area (Å²) < 4.78 is 17.9. The van der Waals surface area contributed by atoms with Crippen molar-refractivity contribution in [1.82, 2.24) is 0 Å². The predicted molar refractivity (Wildman–Crippen MR) is 79.2 cm³/mol. The summed E-state index contributed by atoms with van der Waals surface area (Å²) in [5.74, 6) is -1.62. The molecule has 1 heterocycles. The maximum absolute atomic E-state index is 12.9. The smallest absolute Gasteiger partial charge is 0.349 e. The fraction of sp³-hybridized carbons (Fsp3) is 0.143. The average Bonchev–Trinajstić information content (AvgIpc) is 2.95. The fourth-order valence-corrected chi connectivity index (χ4v) is 2.31. The van der Waals surface area contributed by atoms with E-state index in [0.717, 1.165) is 6.07 Å². The van der Waals surface area contributed by atoms with Gasteiger partial charge in [-0.25, -0.2) is 9.18 Å². The van der Waals surface area contributed by atoms with Crippen LogP contribution < -0.4 is 5.32 Å². The van der Waals surface area contributed by atoms with Crippen LogP contribution in [0.1, 0.15) is 16.6 Å². The Kier molecular flexibility index (Phi) is 4.93. The van der Waals surface area contributed by atoms with Crippen molar-refractivity contribution in [3.05, 3.63) is 51.4 Å². The molecule has 0 bridgehead atoms. The first-order chi connectivity index (χ1) is 9.97. The van der Waals surface area contributed by atoms with Gasteiger partial charge in [-0.3, -0.25) is 4.79 Å². The van der Waals surface area contributed by atoms with Gasteiger partial charge in [0.1, 0.15) is 10.7 Å². The van der Waals surface area contributed by atoms with Crippen LogP contribution >= 0.6 is 22.9 Å². The lowest BCUT2D eigenvalue weighted by molar-refractivity contribution is -0.123. The molecule has 0 aliphatic carbocycles. The zero-order chi connectivity index (χ0) is 15.4. The molecule has 1 aromatic carbocycles. The average molecular weight is 328 g/mol. The summed E-state index contributed by atoms with van der Waals surface area (Å²) in [5.41, 5.74) is 0.252. The van der Waals surface area contributed by atoms with Gasteiger partial charge in [0.05, 0.1) is 10.7 Å².